The normalized spacial score (nSPS) is 10.5. The number of halogens is 1. The second-order valence-corrected chi connectivity index (χ2v) is 5.40. The van der Waals surface area contributed by atoms with Crippen LogP contribution in [0.3, 0.4) is 0 Å². The molecule has 0 aliphatic rings. The number of carboxylic acids is 1. The molecule has 0 fully saturated rings. The zero-order chi connectivity index (χ0) is 14.8. The lowest BCUT2D eigenvalue weighted by atomic mass is 10.1. The van der Waals surface area contributed by atoms with Crippen LogP contribution in [-0.4, -0.2) is 20.9 Å². The first-order chi connectivity index (χ1) is 10.1. The fourth-order valence-electron chi connectivity index (χ4n) is 2.09. The van der Waals surface area contributed by atoms with E-state index in [1.165, 1.54) is 6.20 Å². The highest BCUT2D eigenvalue weighted by molar-refractivity contribution is 9.10. The van der Waals surface area contributed by atoms with Crippen molar-refractivity contribution in [2.75, 3.05) is 0 Å². The maximum atomic E-state index is 11.4. The second kappa shape index (κ2) is 5.54. The van der Waals surface area contributed by atoms with Gasteiger partial charge in [0, 0.05) is 16.2 Å². The summed E-state index contributed by atoms with van der Waals surface area (Å²) in [6.07, 6.45) is 1.53. The van der Waals surface area contributed by atoms with E-state index in [0.29, 0.717) is 5.69 Å². The molecule has 0 bridgehead atoms. The number of nitrogens with zero attached hydrogens (tertiary/aromatic N) is 2. The Balaban J connectivity index is 2.15. The molecule has 0 amide bonds. The minimum absolute atomic E-state index is 0.182. The maximum absolute atomic E-state index is 11.4. The van der Waals surface area contributed by atoms with Gasteiger partial charge in [0.05, 0.1) is 5.69 Å². The monoisotopic (exact) mass is 342 g/mol. The van der Waals surface area contributed by atoms with Gasteiger partial charge in [-0.25, -0.2) is 9.48 Å². The Morgan fingerprint density at radius 1 is 1.10 bits per heavy atom. The first-order valence-electron chi connectivity index (χ1n) is 6.29. The quantitative estimate of drug-likeness (QED) is 0.782. The highest BCUT2D eigenvalue weighted by Gasteiger charge is 2.17. The minimum Gasteiger partial charge on any atom is -0.478 e. The van der Waals surface area contributed by atoms with Crippen molar-refractivity contribution >= 4 is 21.9 Å². The molecule has 4 nitrogen and oxygen atoms in total. The highest BCUT2D eigenvalue weighted by Crippen LogP contribution is 2.24. The van der Waals surface area contributed by atoms with Gasteiger partial charge in [-0.3, -0.25) is 0 Å². The summed E-state index contributed by atoms with van der Waals surface area (Å²) in [6.45, 7) is 0. The fraction of sp³-hybridized carbons (Fsp3) is 0. The fourth-order valence-corrected chi connectivity index (χ4v) is 2.48. The number of hydrogen-bond donors (Lipinski definition) is 1. The number of aromatic carboxylic acids is 1. The predicted octanol–water partition coefficient (Wildman–Crippen LogP) is 4.00. The van der Waals surface area contributed by atoms with E-state index in [0.717, 1.165) is 15.7 Å². The predicted molar refractivity (Wildman–Crippen MR) is 83.7 cm³/mol. The molecule has 0 spiro atoms. The Hall–Kier alpha value is -2.40. The first-order valence-corrected chi connectivity index (χ1v) is 7.09. The number of rotatable bonds is 3. The molecule has 2 aromatic carbocycles. The van der Waals surface area contributed by atoms with E-state index in [4.69, 9.17) is 0 Å². The smallest absolute Gasteiger partial charge is 0.339 e. The van der Waals surface area contributed by atoms with E-state index >= 15 is 0 Å². The van der Waals surface area contributed by atoms with Gasteiger partial charge in [0.15, 0.2) is 0 Å². The summed E-state index contributed by atoms with van der Waals surface area (Å²) in [4.78, 5) is 11.4. The summed E-state index contributed by atoms with van der Waals surface area (Å²) >= 11 is 3.40. The Bertz CT molecular complexity index is 797. The van der Waals surface area contributed by atoms with E-state index in [1.807, 2.05) is 54.6 Å². The molecule has 0 saturated heterocycles. The summed E-state index contributed by atoms with van der Waals surface area (Å²) in [5, 5.41) is 13.8. The number of carboxylic acid groups (broad SMARTS) is 1. The van der Waals surface area contributed by atoms with Crippen molar-refractivity contribution in [1.82, 2.24) is 9.78 Å². The summed E-state index contributed by atoms with van der Waals surface area (Å²) in [5.74, 6) is -0.991. The van der Waals surface area contributed by atoms with Crippen molar-refractivity contribution in [3.8, 4) is 16.9 Å². The topological polar surface area (TPSA) is 55.1 Å². The summed E-state index contributed by atoms with van der Waals surface area (Å²) in [6, 6.07) is 16.8. The van der Waals surface area contributed by atoms with Crippen molar-refractivity contribution in [3.63, 3.8) is 0 Å². The molecule has 1 N–H and O–H groups in total. The Morgan fingerprint density at radius 3 is 2.52 bits per heavy atom. The van der Waals surface area contributed by atoms with Gasteiger partial charge in [-0.2, -0.15) is 5.10 Å². The molecule has 0 radical (unpaired) electrons. The molecular formula is C16H11BrN2O2. The zero-order valence-corrected chi connectivity index (χ0v) is 12.5. The molecule has 0 aliphatic carbocycles. The van der Waals surface area contributed by atoms with Crippen molar-refractivity contribution in [1.29, 1.82) is 0 Å². The molecule has 0 aliphatic heterocycles. The number of carbonyl (C=O) groups is 1. The molecule has 0 unspecified atom stereocenters. The van der Waals surface area contributed by atoms with Crippen molar-refractivity contribution in [3.05, 3.63) is 70.8 Å². The number of aromatic nitrogens is 2. The number of benzene rings is 2. The van der Waals surface area contributed by atoms with Gasteiger partial charge in [-0.1, -0.05) is 52.3 Å². The zero-order valence-electron chi connectivity index (χ0n) is 10.9. The van der Waals surface area contributed by atoms with Gasteiger partial charge in [-0.05, 0) is 18.2 Å². The van der Waals surface area contributed by atoms with Gasteiger partial charge in [0.25, 0.3) is 0 Å². The van der Waals surface area contributed by atoms with Gasteiger partial charge in [0.2, 0.25) is 0 Å². The van der Waals surface area contributed by atoms with Crippen molar-refractivity contribution in [2.24, 2.45) is 0 Å². The molecular weight excluding hydrogens is 332 g/mol. The van der Waals surface area contributed by atoms with E-state index in [1.54, 1.807) is 4.68 Å². The average molecular weight is 343 g/mol. The lowest BCUT2D eigenvalue weighted by molar-refractivity contribution is 0.0697. The van der Waals surface area contributed by atoms with Crippen LogP contribution in [0, 0.1) is 0 Å². The largest absolute Gasteiger partial charge is 0.478 e. The molecule has 0 atom stereocenters. The van der Waals surface area contributed by atoms with Crippen LogP contribution in [0.2, 0.25) is 0 Å². The van der Waals surface area contributed by atoms with E-state index in [9.17, 15) is 9.90 Å². The second-order valence-electron chi connectivity index (χ2n) is 4.49. The van der Waals surface area contributed by atoms with Crippen LogP contribution < -0.4 is 0 Å². The van der Waals surface area contributed by atoms with Crippen LogP contribution in [-0.2, 0) is 0 Å². The third-order valence-electron chi connectivity index (χ3n) is 3.06. The summed E-state index contributed by atoms with van der Waals surface area (Å²) in [5.41, 5.74) is 2.22. The maximum Gasteiger partial charge on any atom is 0.339 e. The average Bonchev–Trinajstić information content (AvgIpc) is 2.93. The van der Waals surface area contributed by atoms with Gasteiger partial charge >= 0.3 is 5.97 Å². The Labute approximate surface area is 129 Å². The first kappa shape index (κ1) is 13.6. The summed E-state index contributed by atoms with van der Waals surface area (Å²) in [7, 11) is 0. The number of hydrogen-bond acceptors (Lipinski definition) is 2. The van der Waals surface area contributed by atoms with E-state index in [-0.39, 0.29) is 5.56 Å². The molecule has 0 saturated carbocycles. The Morgan fingerprint density at radius 2 is 1.86 bits per heavy atom. The van der Waals surface area contributed by atoms with E-state index < -0.39 is 5.97 Å². The van der Waals surface area contributed by atoms with Crippen LogP contribution in [0.15, 0.2) is 65.3 Å². The van der Waals surface area contributed by atoms with Crippen LogP contribution in [0.1, 0.15) is 10.4 Å². The lowest BCUT2D eigenvalue weighted by Crippen LogP contribution is -1.96. The third-order valence-corrected chi connectivity index (χ3v) is 3.56. The Kier molecular flexibility index (Phi) is 3.58. The van der Waals surface area contributed by atoms with Crippen molar-refractivity contribution in [2.45, 2.75) is 0 Å². The van der Waals surface area contributed by atoms with Crippen LogP contribution in [0.25, 0.3) is 16.9 Å². The van der Waals surface area contributed by atoms with E-state index in [2.05, 4.69) is 21.0 Å². The van der Waals surface area contributed by atoms with Crippen molar-refractivity contribution < 1.29 is 9.90 Å². The van der Waals surface area contributed by atoms with Gasteiger partial charge < -0.3 is 5.11 Å². The molecule has 1 aromatic heterocycles. The highest BCUT2D eigenvalue weighted by atomic mass is 79.9. The molecule has 21 heavy (non-hydrogen) atoms. The third kappa shape index (κ3) is 2.73. The summed E-state index contributed by atoms with van der Waals surface area (Å²) < 4.78 is 2.49. The SMILES string of the molecule is O=C(O)c1cn(-c2cccc(Br)c2)nc1-c1ccccc1. The molecule has 3 aromatic rings. The van der Waals surface area contributed by atoms with Crippen LogP contribution in [0.4, 0.5) is 0 Å². The van der Waals surface area contributed by atoms with Gasteiger partial charge in [-0.15, -0.1) is 0 Å². The molecule has 1 heterocycles. The van der Waals surface area contributed by atoms with Crippen LogP contribution >= 0.6 is 15.9 Å². The minimum atomic E-state index is -0.991. The van der Waals surface area contributed by atoms with Crippen LogP contribution in [0.5, 0.6) is 0 Å². The standard InChI is InChI=1S/C16H11BrN2O2/c17-12-7-4-8-13(9-12)19-10-14(16(20)21)15(18-19)11-5-2-1-3-6-11/h1-10H,(H,20,21). The molecule has 104 valence electrons. The molecule has 3 rings (SSSR count). The molecule has 5 heteroatoms. The van der Waals surface area contributed by atoms with Gasteiger partial charge in [0.1, 0.15) is 11.3 Å². The lowest BCUT2D eigenvalue weighted by Gasteiger charge is -2.01.